The fraction of sp³-hybridized carbons (Fsp3) is 0.750. The molecule has 3 fully saturated rings. The van der Waals surface area contributed by atoms with Crippen LogP contribution in [0.25, 0.3) is 0 Å². The lowest BCUT2D eigenvalue weighted by Gasteiger charge is -2.32. The molecule has 0 bridgehead atoms. The fourth-order valence-corrected chi connectivity index (χ4v) is 4.89. The molecule has 0 aromatic carbocycles. The van der Waals surface area contributed by atoms with Gasteiger partial charge in [0.05, 0.1) is 11.7 Å². The van der Waals surface area contributed by atoms with Gasteiger partial charge in [-0.3, -0.25) is 10.1 Å². The maximum absolute atomic E-state index is 12.7. The Morgan fingerprint density at radius 3 is 2.67 bits per heavy atom. The highest BCUT2D eigenvalue weighted by molar-refractivity contribution is 5.99. The Labute approximate surface area is 144 Å². The van der Waals surface area contributed by atoms with Gasteiger partial charge in [0.25, 0.3) is 0 Å². The van der Waals surface area contributed by atoms with Gasteiger partial charge in [0, 0.05) is 6.42 Å². The highest BCUT2D eigenvalue weighted by Gasteiger charge is 2.58. The van der Waals surface area contributed by atoms with E-state index in [0.717, 1.165) is 48.8 Å². The lowest BCUT2D eigenvalue weighted by atomic mass is 9.71. The average Bonchev–Trinajstić information content (AvgIpc) is 3.02. The smallest absolute Gasteiger partial charge is 0.159 e. The van der Waals surface area contributed by atoms with Crippen molar-refractivity contribution in [1.29, 1.82) is 0 Å². The van der Waals surface area contributed by atoms with Crippen LogP contribution in [0, 0.1) is 11.3 Å². The van der Waals surface area contributed by atoms with E-state index in [1.807, 2.05) is 13.8 Å². The number of carbonyl (C=O) groups excluding carboxylic acids is 1. The molecule has 0 radical (unpaired) electrons. The average molecular weight is 334 g/mol. The van der Waals surface area contributed by atoms with Gasteiger partial charge < -0.3 is 4.74 Å². The minimum atomic E-state index is -0.344. The summed E-state index contributed by atoms with van der Waals surface area (Å²) in [5.74, 6) is 0.528. The lowest BCUT2D eigenvalue weighted by molar-refractivity contribution is -0.270. The Morgan fingerprint density at radius 2 is 2.04 bits per heavy atom. The van der Waals surface area contributed by atoms with Crippen LogP contribution in [0.1, 0.15) is 66.2 Å². The zero-order valence-corrected chi connectivity index (χ0v) is 15.4. The Hall–Kier alpha value is -0.970. The molecule has 3 aliphatic rings. The number of carbonyl (C=O) groups is 1. The van der Waals surface area contributed by atoms with Crippen molar-refractivity contribution < 1.29 is 19.7 Å². The lowest BCUT2D eigenvalue weighted by Crippen LogP contribution is -2.26. The third kappa shape index (κ3) is 3.00. The van der Waals surface area contributed by atoms with Crippen LogP contribution in [0.3, 0.4) is 0 Å². The normalized spacial score (nSPS) is 43.0. The third-order valence-corrected chi connectivity index (χ3v) is 6.52. The number of epoxide rings is 1. The minimum absolute atomic E-state index is 0.0493. The Balaban J connectivity index is 1.94. The van der Waals surface area contributed by atoms with Crippen molar-refractivity contribution in [2.45, 2.75) is 84.0 Å². The Morgan fingerprint density at radius 1 is 1.33 bits per heavy atom. The molecule has 0 unspecified atom stereocenters. The third-order valence-electron chi connectivity index (χ3n) is 6.52. The molecule has 2 saturated carbocycles. The van der Waals surface area contributed by atoms with E-state index in [9.17, 15) is 10.1 Å². The maximum atomic E-state index is 12.7. The van der Waals surface area contributed by atoms with Gasteiger partial charge in [-0.05, 0) is 75.4 Å². The van der Waals surface area contributed by atoms with Crippen LogP contribution in [0.2, 0.25) is 0 Å². The summed E-state index contributed by atoms with van der Waals surface area (Å²) in [6, 6.07) is 0. The molecular weight excluding hydrogens is 304 g/mol. The van der Waals surface area contributed by atoms with Gasteiger partial charge >= 0.3 is 0 Å². The van der Waals surface area contributed by atoms with E-state index >= 15 is 0 Å². The number of ether oxygens (including phenoxy) is 1. The van der Waals surface area contributed by atoms with Crippen LogP contribution in [0.15, 0.2) is 23.3 Å². The minimum Gasteiger partial charge on any atom is -0.366 e. The highest BCUT2D eigenvalue weighted by Crippen LogP contribution is 2.56. The molecule has 1 N–H and O–H groups in total. The molecule has 3 rings (SSSR count). The summed E-state index contributed by atoms with van der Waals surface area (Å²) >= 11 is 0. The van der Waals surface area contributed by atoms with Gasteiger partial charge in [0.15, 0.2) is 5.78 Å². The zero-order valence-electron chi connectivity index (χ0n) is 15.4. The molecule has 1 saturated heterocycles. The fourth-order valence-electron chi connectivity index (χ4n) is 4.89. The van der Waals surface area contributed by atoms with E-state index in [0.29, 0.717) is 12.2 Å². The molecule has 5 atom stereocenters. The number of fused-ring (bicyclic) bond motifs is 2. The van der Waals surface area contributed by atoms with Crippen LogP contribution in [-0.2, 0) is 14.4 Å². The largest absolute Gasteiger partial charge is 0.366 e. The number of Topliss-reactive ketones (excluding diaryl/α,β-unsaturated/α-hetero) is 1. The number of hydrogen-bond donors (Lipinski definition) is 1. The first-order valence-electron chi connectivity index (χ1n) is 9.06. The van der Waals surface area contributed by atoms with E-state index in [4.69, 9.17) is 4.74 Å². The van der Waals surface area contributed by atoms with Crippen molar-refractivity contribution in [3.63, 3.8) is 0 Å². The predicted octanol–water partition coefficient (Wildman–Crippen LogP) is 4.45. The van der Waals surface area contributed by atoms with E-state index in [2.05, 4.69) is 25.3 Å². The summed E-state index contributed by atoms with van der Waals surface area (Å²) in [5.41, 5.74) is 2.84. The van der Waals surface area contributed by atoms with Gasteiger partial charge in [0.1, 0.15) is 6.10 Å². The van der Waals surface area contributed by atoms with Crippen LogP contribution >= 0.6 is 0 Å². The number of allylic oxidation sites excluding steroid dienone is 2. The molecule has 0 aromatic rings. The van der Waals surface area contributed by atoms with E-state index in [1.165, 1.54) is 0 Å². The van der Waals surface area contributed by atoms with Crippen molar-refractivity contribution in [2.24, 2.45) is 11.3 Å². The van der Waals surface area contributed by atoms with Crippen molar-refractivity contribution >= 4 is 5.78 Å². The summed E-state index contributed by atoms with van der Waals surface area (Å²) < 4.78 is 6.02. The van der Waals surface area contributed by atoms with E-state index in [-0.39, 0.29) is 29.1 Å². The van der Waals surface area contributed by atoms with Crippen LogP contribution in [0.4, 0.5) is 0 Å². The van der Waals surface area contributed by atoms with Crippen molar-refractivity contribution in [3.8, 4) is 0 Å². The molecule has 134 valence electrons. The van der Waals surface area contributed by atoms with Gasteiger partial charge in [-0.1, -0.05) is 19.1 Å². The Bertz CT molecular complexity index is 588. The first-order chi connectivity index (χ1) is 11.2. The molecule has 0 spiro atoms. The number of hydrogen-bond acceptors (Lipinski definition) is 4. The summed E-state index contributed by atoms with van der Waals surface area (Å²) in [7, 11) is 0. The second kappa shape index (κ2) is 6.08. The molecule has 2 aliphatic carbocycles. The number of rotatable bonds is 1. The summed E-state index contributed by atoms with van der Waals surface area (Å²) in [6.07, 6.45) is 4.60. The van der Waals surface area contributed by atoms with Crippen molar-refractivity contribution in [3.05, 3.63) is 23.3 Å². The monoisotopic (exact) mass is 334 g/mol. The SMILES string of the molecule is C=C1CC[C@@H]2C(=C(C)C)C(=O)C[C@@]2(C)C[C@H]2O[C@]2(C)CC[C@H]1OO. The topological polar surface area (TPSA) is 59.1 Å². The van der Waals surface area contributed by atoms with Crippen molar-refractivity contribution in [1.82, 2.24) is 0 Å². The molecule has 4 nitrogen and oxygen atoms in total. The van der Waals surface area contributed by atoms with Gasteiger partial charge in [0.2, 0.25) is 0 Å². The summed E-state index contributed by atoms with van der Waals surface area (Å²) in [5, 5.41) is 9.25. The van der Waals surface area contributed by atoms with E-state index in [1.54, 1.807) is 0 Å². The number of ketones is 1. The second-order valence-electron chi connectivity index (χ2n) is 8.67. The highest BCUT2D eigenvalue weighted by atomic mass is 17.1. The maximum Gasteiger partial charge on any atom is 0.159 e. The van der Waals surface area contributed by atoms with Gasteiger partial charge in [-0.15, -0.1) is 0 Å². The molecule has 4 heteroatoms. The van der Waals surface area contributed by atoms with Gasteiger partial charge in [-0.25, -0.2) is 4.89 Å². The molecular formula is C20H30O4. The van der Waals surface area contributed by atoms with Crippen LogP contribution in [0.5, 0.6) is 0 Å². The summed E-state index contributed by atoms with van der Waals surface area (Å²) in [6.45, 7) is 12.6. The summed E-state index contributed by atoms with van der Waals surface area (Å²) in [4.78, 5) is 17.4. The van der Waals surface area contributed by atoms with Crippen LogP contribution < -0.4 is 0 Å². The molecule has 24 heavy (non-hydrogen) atoms. The van der Waals surface area contributed by atoms with Crippen LogP contribution in [-0.4, -0.2) is 28.8 Å². The molecule has 1 heterocycles. The standard InChI is InChI=1S/C20H30O4/c1-12(2)18-14-7-6-13(3)16(24-22)8-9-20(5)17(23-20)11-19(14,4)10-15(18)21/h14,16-17,22H,3,6-11H2,1-2,4-5H3/t14-,16-,17-,19+,20-/m1/s1. The predicted molar refractivity (Wildman–Crippen MR) is 92.6 cm³/mol. The first-order valence-corrected chi connectivity index (χ1v) is 9.06. The molecule has 0 aromatic heterocycles. The van der Waals surface area contributed by atoms with Gasteiger partial charge in [-0.2, -0.15) is 0 Å². The molecule has 0 amide bonds. The zero-order chi connectivity index (χ0) is 17.7. The first kappa shape index (κ1) is 17.8. The molecule has 1 aliphatic heterocycles. The van der Waals surface area contributed by atoms with E-state index < -0.39 is 0 Å². The quantitative estimate of drug-likeness (QED) is 0.253. The van der Waals surface area contributed by atoms with Crippen molar-refractivity contribution in [2.75, 3.05) is 0 Å². The Kier molecular flexibility index (Phi) is 4.52. The second-order valence-corrected chi connectivity index (χ2v) is 8.67.